The van der Waals surface area contributed by atoms with E-state index in [1.165, 1.54) is 7.11 Å². The van der Waals surface area contributed by atoms with Gasteiger partial charge in [-0.1, -0.05) is 13.8 Å². The predicted molar refractivity (Wildman–Crippen MR) is 74.2 cm³/mol. The highest BCUT2D eigenvalue weighted by atomic mass is 32.2. The molecule has 1 unspecified atom stereocenters. The van der Waals surface area contributed by atoms with Crippen LogP contribution in [0.5, 0.6) is 0 Å². The van der Waals surface area contributed by atoms with Gasteiger partial charge in [0.25, 0.3) is 0 Å². The number of halogens is 1. The summed E-state index contributed by atoms with van der Waals surface area (Å²) in [6, 6.07) is 2.16. The van der Waals surface area contributed by atoms with Crippen LogP contribution in [0.15, 0.2) is 23.1 Å². The van der Waals surface area contributed by atoms with Gasteiger partial charge in [0.15, 0.2) is 0 Å². The molecule has 0 spiro atoms. The molecule has 0 bridgehead atoms. The molecule has 21 heavy (non-hydrogen) atoms. The van der Waals surface area contributed by atoms with Crippen LogP contribution in [0.25, 0.3) is 0 Å². The van der Waals surface area contributed by atoms with Gasteiger partial charge in [0.2, 0.25) is 10.0 Å². The van der Waals surface area contributed by atoms with Gasteiger partial charge in [-0.25, -0.2) is 22.3 Å². The van der Waals surface area contributed by atoms with Crippen LogP contribution in [-0.4, -0.2) is 39.3 Å². The van der Waals surface area contributed by atoms with Crippen molar-refractivity contribution in [2.24, 2.45) is 5.92 Å². The molecule has 118 valence electrons. The topological polar surface area (TPSA) is 92.7 Å². The lowest BCUT2D eigenvalue weighted by atomic mass is 10.1. The van der Waals surface area contributed by atoms with E-state index in [-0.39, 0.29) is 17.4 Å². The Bertz CT molecular complexity index is 615. The van der Waals surface area contributed by atoms with Crippen LogP contribution < -0.4 is 4.72 Å². The van der Waals surface area contributed by atoms with Gasteiger partial charge in [-0.3, -0.25) is 0 Å². The molecular weight excluding hydrogens is 301 g/mol. The molecule has 0 amide bonds. The highest BCUT2D eigenvalue weighted by Crippen LogP contribution is 2.16. The molecule has 1 rings (SSSR count). The van der Waals surface area contributed by atoms with E-state index < -0.39 is 33.4 Å². The number of carbonyl (C=O) groups is 1. The van der Waals surface area contributed by atoms with E-state index in [1.807, 2.05) is 13.8 Å². The lowest BCUT2D eigenvalue weighted by molar-refractivity contribution is 0.0691. The van der Waals surface area contributed by atoms with Crippen LogP contribution in [0, 0.1) is 11.7 Å². The molecule has 2 N–H and O–H groups in total. The van der Waals surface area contributed by atoms with Crippen molar-refractivity contribution in [2.45, 2.75) is 24.8 Å². The first-order chi connectivity index (χ1) is 9.69. The van der Waals surface area contributed by atoms with Crippen molar-refractivity contribution in [3.8, 4) is 0 Å². The minimum absolute atomic E-state index is 0.0286. The average Bonchev–Trinajstić information content (AvgIpc) is 2.37. The maximum atomic E-state index is 13.3. The molecule has 0 aliphatic heterocycles. The molecule has 0 aliphatic carbocycles. The van der Waals surface area contributed by atoms with Crippen molar-refractivity contribution in [1.82, 2.24) is 4.72 Å². The third kappa shape index (κ3) is 4.48. The van der Waals surface area contributed by atoms with E-state index in [0.29, 0.717) is 0 Å². The first-order valence-electron chi connectivity index (χ1n) is 6.23. The number of methoxy groups -OCH3 is 1. The van der Waals surface area contributed by atoms with Crippen LogP contribution in [0.1, 0.15) is 24.2 Å². The van der Waals surface area contributed by atoms with Crippen LogP contribution >= 0.6 is 0 Å². The minimum Gasteiger partial charge on any atom is -0.478 e. The van der Waals surface area contributed by atoms with Gasteiger partial charge in [0.1, 0.15) is 5.82 Å². The van der Waals surface area contributed by atoms with Crippen molar-refractivity contribution in [3.05, 3.63) is 29.6 Å². The molecule has 0 aliphatic rings. The number of benzene rings is 1. The molecule has 0 saturated carbocycles. The molecular formula is C13H18FNO5S. The summed E-state index contributed by atoms with van der Waals surface area (Å²) in [5.41, 5.74) is -0.689. The predicted octanol–water partition coefficient (Wildman–Crippen LogP) is 1.47. The zero-order valence-corrected chi connectivity index (χ0v) is 12.8. The fraction of sp³-hybridized carbons (Fsp3) is 0.462. The van der Waals surface area contributed by atoms with E-state index >= 15 is 0 Å². The lowest BCUT2D eigenvalue weighted by Crippen LogP contribution is -2.41. The van der Waals surface area contributed by atoms with E-state index in [9.17, 15) is 17.6 Å². The van der Waals surface area contributed by atoms with Gasteiger partial charge in [0, 0.05) is 13.2 Å². The Morgan fingerprint density at radius 3 is 2.52 bits per heavy atom. The normalized spacial score (nSPS) is 13.4. The molecule has 8 heteroatoms. The molecule has 0 radical (unpaired) electrons. The number of sulfonamides is 1. The maximum absolute atomic E-state index is 13.3. The fourth-order valence-electron chi connectivity index (χ4n) is 1.64. The second kappa shape index (κ2) is 6.97. The third-order valence-corrected chi connectivity index (χ3v) is 4.42. The smallest absolute Gasteiger partial charge is 0.338 e. The number of carboxylic acid groups (broad SMARTS) is 1. The molecule has 1 aromatic carbocycles. The maximum Gasteiger partial charge on any atom is 0.338 e. The molecule has 0 aromatic heterocycles. The largest absolute Gasteiger partial charge is 0.478 e. The number of aromatic carboxylic acids is 1. The number of carboxylic acids is 1. The first kappa shape index (κ1) is 17.5. The molecule has 6 nitrogen and oxygen atoms in total. The number of nitrogens with one attached hydrogen (secondary N) is 1. The first-order valence-corrected chi connectivity index (χ1v) is 7.71. The molecule has 1 atom stereocenters. The van der Waals surface area contributed by atoms with E-state index in [2.05, 4.69) is 4.72 Å². The van der Waals surface area contributed by atoms with Crippen LogP contribution in [-0.2, 0) is 14.8 Å². The van der Waals surface area contributed by atoms with Crippen molar-refractivity contribution >= 4 is 16.0 Å². The van der Waals surface area contributed by atoms with E-state index in [4.69, 9.17) is 9.84 Å². The van der Waals surface area contributed by atoms with Gasteiger partial charge >= 0.3 is 5.97 Å². The van der Waals surface area contributed by atoms with Gasteiger partial charge in [-0.15, -0.1) is 0 Å². The Balaban J connectivity index is 3.13. The van der Waals surface area contributed by atoms with Crippen molar-refractivity contribution in [1.29, 1.82) is 0 Å². The quantitative estimate of drug-likeness (QED) is 0.794. The van der Waals surface area contributed by atoms with Crippen molar-refractivity contribution in [2.75, 3.05) is 13.7 Å². The summed E-state index contributed by atoms with van der Waals surface area (Å²) >= 11 is 0. The van der Waals surface area contributed by atoms with Crippen molar-refractivity contribution < 1.29 is 27.4 Å². The van der Waals surface area contributed by atoms with Crippen LogP contribution in [0.3, 0.4) is 0 Å². The minimum atomic E-state index is -3.96. The summed E-state index contributed by atoms with van der Waals surface area (Å²) in [6.07, 6.45) is 0. The molecule has 0 saturated heterocycles. The molecule has 0 fully saturated rings. The Kier molecular flexibility index (Phi) is 5.82. The summed E-state index contributed by atoms with van der Waals surface area (Å²) in [4.78, 5) is 10.6. The zero-order chi connectivity index (χ0) is 16.2. The summed E-state index contributed by atoms with van der Waals surface area (Å²) in [5.74, 6) is -2.54. The zero-order valence-electron chi connectivity index (χ0n) is 12.0. The van der Waals surface area contributed by atoms with Crippen molar-refractivity contribution in [3.63, 3.8) is 0 Å². The SMILES string of the molecule is COCC(NS(=O)(=O)c1ccc(F)c(C(=O)O)c1)C(C)C. The third-order valence-electron chi connectivity index (χ3n) is 2.94. The highest BCUT2D eigenvalue weighted by molar-refractivity contribution is 7.89. The number of hydrogen-bond acceptors (Lipinski definition) is 4. The highest BCUT2D eigenvalue weighted by Gasteiger charge is 2.24. The van der Waals surface area contributed by atoms with Gasteiger partial charge < -0.3 is 9.84 Å². The summed E-state index contributed by atoms with van der Waals surface area (Å²) in [6.45, 7) is 3.81. The Morgan fingerprint density at radius 1 is 1.43 bits per heavy atom. The second-order valence-corrected chi connectivity index (χ2v) is 6.59. The summed E-state index contributed by atoms with van der Waals surface area (Å²) in [5, 5.41) is 8.83. The summed E-state index contributed by atoms with van der Waals surface area (Å²) in [7, 11) is -2.51. The average molecular weight is 319 g/mol. The van der Waals surface area contributed by atoms with Gasteiger partial charge in [-0.05, 0) is 24.1 Å². The van der Waals surface area contributed by atoms with Gasteiger partial charge in [0.05, 0.1) is 17.1 Å². The second-order valence-electron chi connectivity index (χ2n) is 4.87. The standard InChI is InChI=1S/C13H18FNO5S/c1-8(2)12(7-20-3)15-21(18,19)9-4-5-11(14)10(6-9)13(16)17/h4-6,8,12,15H,7H2,1-3H3,(H,16,17). The van der Waals surface area contributed by atoms with E-state index in [1.54, 1.807) is 0 Å². The number of hydrogen-bond donors (Lipinski definition) is 2. The molecule has 0 heterocycles. The van der Waals surface area contributed by atoms with Crippen LogP contribution in [0.4, 0.5) is 4.39 Å². The summed E-state index contributed by atoms with van der Waals surface area (Å²) < 4.78 is 45.1. The van der Waals surface area contributed by atoms with Gasteiger partial charge in [-0.2, -0.15) is 0 Å². The fourth-order valence-corrected chi connectivity index (χ4v) is 3.04. The molecule has 1 aromatic rings. The lowest BCUT2D eigenvalue weighted by Gasteiger charge is -2.21. The number of ether oxygens (including phenoxy) is 1. The monoisotopic (exact) mass is 319 g/mol. The van der Waals surface area contributed by atoms with Crippen LogP contribution in [0.2, 0.25) is 0 Å². The number of rotatable bonds is 7. The van der Waals surface area contributed by atoms with E-state index in [0.717, 1.165) is 18.2 Å². The Morgan fingerprint density at radius 2 is 2.05 bits per heavy atom. The Hall–Kier alpha value is -1.51. The Labute approximate surface area is 123 Å².